The van der Waals surface area contributed by atoms with Crippen molar-refractivity contribution in [3.63, 3.8) is 0 Å². The molecule has 0 amide bonds. The Bertz CT molecular complexity index is 412. The zero-order valence-electron chi connectivity index (χ0n) is 11.7. The van der Waals surface area contributed by atoms with E-state index in [4.69, 9.17) is 0 Å². The third-order valence-electron chi connectivity index (χ3n) is 4.04. The van der Waals surface area contributed by atoms with Gasteiger partial charge in [0.25, 0.3) is 0 Å². The van der Waals surface area contributed by atoms with Gasteiger partial charge in [-0.25, -0.2) is 4.39 Å². The Morgan fingerprint density at radius 2 is 2.17 bits per heavy atom. The van der Waals surface area contributed by atoms with Crippen molar-refractivity contribution < 1.29 is 4.39 Å². The molecule has 100 valence electrons. The number of hydrogen-bond donors (Lipinski definition) is 1. The quantitative estimate of drug-likeness (QED) is 0.847. The van der Waals surface area contributed by atoms with E-state index in [-0.39, 0.29) is 5.82 Å². The monoisotopic (exact) mass is 249 g/mol. The fraction of sp³-hybridized carbons (Fsp3) is 0.625. The van der Waals surface area contributed by atoms with E-state index >= 15 is 0 Å². The maximum atomic E-state index is 13.4. The van der Waals surface area contributed by atoms with Crippen LogP contribution in [0, 0.1) is 18.2 Å². The molecule has 0 saturated heterocycles. The van der Waals surface area contributed by atoms with Crippen molar-refractivity contribution in [1.82, 2.24) is 5.32 Å². The summed E-state index contributed by atoms with van der Waals surface area (Å²) in [6.45, 7) is 7.26. The molecule has 1 aliphatic carbocycles. The van der Waals surface area contributed by atoms with Crippen molar-refractivity contribution in [1.29, 1.82) is 0 Å². The molecule has 0 aliphatic heterocycles. The average molecular weight is 249 g/mol. The molecule has 1 unspecified atom stereocenters. The second-order valence-electron chi connectivity index (χ2n) is 6.42. The van der Waals surface area contributed by atoms with E-state index in [0.29, 0.717) is 11.5 Å². The zero-order chi connectivity index (χ0) is 13.2. The summed E-state index contributed by atoms with van der Waals surface area (Å²) in [5, 5.41) is 3.57. The highest BCUT2D eigenvalue weighted by Crippen LogP contribution is 2.35. The highest BCUT2D eigenvalue weighted by atomic mass is 19.1. The molecule has 0 aromatic heterocycles. The first-order chi connectivity index (χ1) is 8.46. The molecule has 1 N–H and O–H groups in total. The number of rotatable bonds is 3. The number of hydrogen-bond acceptors (Lipinski definition) is 1. The lowest BCUT2D eigenvalue weighted by Gasteiger charge is -2.35. The van der Waals surface area contributed by atoms with Crippen LogP contribution in [0.2, 0.25) is 0 Å². The number of aryl methyl sites for hydroxylation is 1. The molecule has 0 spiro atoms. The predicted molar refractivity (Wildman–Crippen MR) is 74.0 cm³/mol. The molecule has 18 heavy (non-hydrogen) atoms. The SMILES string of the molecule is Cc1ccc(CNC2CCCC(C)(C)C2)cc1F. The molecule has 1 nitrogen and oxygen atoms in total. The van der Waals surface area contributed by atoms with Crippen LogP contribution in [0.25, 0.3) is 0 Å². The van der Waals surface area contributed by atoms with Gasteiger partial charge in [0.05, 0.1) is 0 Å². The van der Waals surface area contributed by atoms with Crippen LogP contribution in [0.1, 0.15) is 50.7 Å². The van der Waals surface area contributed by atoms with Gasteiger partial charge in [0.1, 0.15) is 5.82 Å². The second kappa shape index (κ2) is 5.40. The number of benzene rings is 1. The second-order valence-corrected chi connectivity index (χ2v) is 6.42. The molecule has 1 aromatic carbocycles. The molecule has 1 fully saturated rings. The summed E-state index contributed by atoms with van der Waals surface area (Å²) in [5.41, 5.74) is 2.22. The van der Waals surface area contributed by atoms with Crippen LogP contribution in [0.3, 0.4) is 0 Å². The Kier molecular flexibility index (Phi) is 4.06. The van der Waals surface area contributed by atoms with Gasteiger partial charge in [-0.3, -0.25) is 0 Å². The Morgan fingerprint density at radius 1 is 1.39 bits per heavy atom. The average Bonchev–Trinajstić information content (AvgIpc) is 2.29. The van der Waals surface area contributed by atoms with E-state index in [0.717, 1.165) is 17.7 Å². The van der Waals surface area contributed by atoms with Crippen LogP contribution >= 0.6 is 0 Å². The van der Waals surface area contributed by atoms with Gasteiger partial charge >= 0.3 is 0 Å². The Hall–Kier alpha value is -0.890. The molecular weight excluding hydrogens is 225 g/mol. The number of nitrogens with one attached hydrogen (secondary N) is 1. The van der Waals surface area contributed by atoms with Gasteiger partial charge in [-0.2, -0.15) is 0 Å². The summed E-state index contributed by atoms with van der Waals surface area (Å²) < 4.78 is 13.4. The van der Waals surface area contributed by atoms with Crippen LogP contribution in [0.4, 0.5) is 4.39 Å². The van der Waals surface area contributed by atoms with Gasteiger partial charge in [-0.05, 0) is 48.8 Å². The first-order valence-electron chi connectivity index (χ1n) is 6.95. The molecular formula is C16H24FN. The molecule has 1 aliphatic rings. The smallest absolute Gasteiger partial charge is 0.126 e. The Labute approximate surface area is 110 Å². The van der Waals surface area contributed by atoms with Gasteiger partial charge in [0.2, 0.25) is 0 Å². The topological polar surface area (TPSA) is 12.0 Å². The third-order valence-corrected chi connectivity index (χ3v) is 4.04. The van der Waals surface area contributed by atoms with Gasteiger partial charge < -0.3 is 5.32 Å². The van der Waals surface area contributed by atoms with E-state index in [9.17, 15) is 4.39 Å². The summed E-state index contributed by atoms with van der Waals surface area (Å²) >= 11 is 0. The largest absolute Gasteiger partial charge is 0.310 e. The molecule has 0 radical (unpaired) electrons. The number of halogens is 1. The van der Waals surface area contributed by atoms with Gasteiger partial charge in [0, 0.05) is 12.6 Å². The highest BCUT2D eigenvalue weighted by Gasteiger charge is 2.27. The summed E-state index contributed by atoms with van der Waals surface area (Å²) in [4.78, 5) is 0. The molecule has 2 rings (SSSR count). The lowest BCUT2D eigenvalue weighted by molar-refractivity contribution is 0.197. The van der Waals surface area contributed by atoms with Crippen molar-refractivity contribution in [2.24, 2.45) is 5.41 Å². The van der Waals surface area contributed by atoms with Gasteiger partial charge in [-0.15, -0.1) is 0 Å². The van der Waals surface area contributed by atoms with E-state index in [1.54, 1.807) is 13.0 Å². The van der Waals surface area contributed by atoms with Crippen LogP contribution in [0.5, 0.6) is 0 Å². The maximum Gasteiger partial charge on any atom is 0.126 e. The van der Waals surface area contributed by atoms with Crippen molar-refractivity contribution in [2.75, 3.05) is 0 Å². The summed E-state index contributed by atoms with van der Waals surface area (Å²) in [6, 6.07) is 6.10. The lowest BCUT2D eigenvalue weighted by atomic mass is 9.75. The van der Waals surface area contributed by atoms with Gasteiger partial charge in [0.15, 0.2) is 0 Å². The van der Waals surface area contributed by atoms with E-state index in [1.807, 2.05) is 12.1 Å². The Balaban J connectivity index is 1.89. The standard InChI is InChI=1S/C16H24FN/c1-12-6-7-13(9-15(12)17)11-18-14-5-4-8-16(2,3)10-14/h6-7,9,14,18H,4-5,8,10-11H2,1-3H3. The molecule has 1 aromatic rings. The fourth-order valence-electron chi connectivity index (χ4n) is 2.88. The normalized spacial score (nSPS) is 23.0. The van der Waals surface area contributed by atoms with Crippen molar-refractivity contribution in [2.45, 2.75) is 59.0 Å². The third kappa shape index (κ3) is 3.55. The van der Waals surface area contributed by atoms with Crippen LogP contribution in [-0.4, -0.2) is 6.04 Å². The van der Waals surface area contributed by atoms with Crippen molar-refractivity contribution in [3.8, 4) is 0 Å². The summed E-state index contributed by atoms with van der Waals surface area (Å²) in [6.07, 6.45) is 5.09. The van der Waals surface area contributed by atoms with Crippen molar-refractivity contribution >= 4 is 0 Å². The maximum absolute atomic E-state index is 13.4. The first-order valence-corrected chi connectivity index (χ1v) is 6.95. The van der Waals surface area contributed by atoms with E-state index in [2.05, 4.69) is 19.2 Å². The van der Waals surface area contributed by atoms with E-state index in [1.165, 1.54) is 25.7 Å². The fourth-order valence-corrected chi connectivity index (χ4v) is 2.88. The van der Waals surface area contributed by atoms with Crippen molar-refractivity contribution in [3.05, 3.63) is 35.1 Å². The molecule has 0 bridgehead atoms. The molecule has 1 saturated carbocycles. The van der Waals surface area contributed by atoms with E-state index < -0.39 is 0 Å². The summed E-state index contributed by atoms with van der Waals surface area (Å²) in [7, 11) is 0. The Morgan fingerprint density at radius 3 is 2.83 bits per heavy atom. The molecule has 0 heterocycles. The zero-order valence-corrected chi connectivity index (χ0v) is 11.7. The van der Waals surface area contributed by atoms with Crippen LogP contribution < -0.4 is 5.32 Å². The lowest BCUT2D eigenvalue weighted by Crippen LogP contribution is -2.36. The minimum Gasteiger partial charge on any atom is -0.310 e. The molecule has 2 heteroatoms. The minimum absolute atomic E-state index is 0.0988. The van der Waals surface area contributed by atoms with Crippen LogP contribution in [-0.2, 0) is 6.54 Å². The predicted octanol–water partition coefficient (Wildman–Crippen LogP) is 4.19. The van der Waals surface area contributed by atoms with Crippen LogP contribution in [0.15, 0.2) is 18.2 Å². The molecule has 1 atom stereocenters. The van der Waals surface area contributed by atoms with Gasteiger partial charge in [-0.1, -0.05) is 32.4 Å². The highest BCUT2D eigenvalue weighted by molar-refractivity contribution is 5.23. The summed E-state index contributed by atoms with van der Waals surface area (Å²) in [5.74, 6) is -0.0988. The minimum atomic E-state index is -0.0988. The first kappa shape index (κ1) is 13.5.